The van der Waals surface area contributed by atoms with Crippen LogP contribution in [0.5, 0.6) is 0 Å². The Morgan fingerprint density at radius 2 is 0.982 bits per heavy atom. The van der Waals surface area contributed by atoms with Crippen molar-refractivity contribution in [3.8, 4) is 16.8 Å². The second kappa shape index (κ2) is 12.4. The van der Waals surface area contributed by atoms with Crippen LogP contribution in [-0.4, -0.2) is 16.2 Å². The van der Waals surface area contributed by atoms with Crippen LogP contribution in [-0.2, 0) is 0 Å². The zero-order valence-corrected chi connectivity index (χ0v) is 30.6. The van der Waals surface area contributed by atoms with Crippen LogP contribution in [0.2, 0.25) is 0 Å². The predicted molar refractivity (Wildman–Crippen MR) is 233 cm³/mol. The molecule has 0 fully saturated rings. The van der Waals surface area contributed by atoms with Gasteiger partial charge in [-0.1, -0.05) is 140 Å². The standard InChI is InChI=1S/C51H32N4O2/c1-3-13-31(14-4-1)49-52-50(32-15-5-2-6-16-32)54-51(53-49)39-21-11-19-37-40-29-33(25-27-45(40)56-47(37)39)34-26-28-46-41(30-34)38-20-12-24-44(48(38)57-46)55-42-22-9-7-17-35(42)36-18-8-10-23-43(36)55/h1-30,51H,(H,52,53,54). The molecule has 1 aliphatic heterocycles. The molecule has 0 radical (unpaired) electrons. The zero-order valence-electron chi connectivity index (χ0n) is 30.6. The summed E-state index contributed by atoms with van der Waals surface area (Å²) >= 11 is 0. The Morgan fingerprint density at radius 3 is 1.65 bits per heavy atom. The third kappa shape index (κ3) is 4.97. The van der Waals surface area contributed by atoms with Gasteiger partial charge in [-0.25, -0.2) is 9.98 Å². The van der Waals surface area contributed by atoms with Gasteiger partial charge < -0.3 is 18.7 Å². The second-order valence-electron chi connectivity index (χ2n) is 14.6. The third-order valence-electron chi connectivity index (χ3n) is 11.3. The summed E-state index contributed by atoms with van der Waals surface area (Å²) < 4.78 is 15.7. The lowest BCUT2D eigenvalue weighted by Gasteiger charge is -2.23. The van der Waals surface area contributed by atoms with Crippen LogP contribution < -0.4 is 5.32 Å². The van der Waals surface area contributed by atoms with E-state index < -0.39 is 6.17 Å². The number of hydrogen-bond acceptors (Lipinski definition) is 5. The van der Waals surface area contributed by atoms with Crippen LogP contribution in [0.25, 0.3) is 82.5 Å². The largest absolute Gasteiger partial charge is 0.456 e. The highest BCUT2D eigenvalue weighted by molar-refractivity contribution is 6.15. The number of para-hydroxylation sites is 4. The van der Waals surface area contributed by atoms with Crippen LogP contribution in [0.3, 0.4) is 0 Å². The van der Waals surface area contributed by atoms with E-state index in [1.165, 1.54) is 10.8 Å². The van der Waals surface area contributed by atoms with E-state index in [1.54, 1.807) is 0 Å². The maximum atomic E-state index is 6.69. The van der Waals surface area contributed by atoms with E-state index in [1.807, 2.05) is 48.5 Å². The molecule has 0 aliphatic carbocycles. The maximum absolute atomic E-state index is 6.69. The summed E-state index contributed by atoms with van der Waals surface area (Å²) in [6.07, 6.45) is -0.402. The normalized spacial score (nSPS) is 14.5. The smallest absolute Gasteiger partial charge is 0.159 e. The first-order valence-electron chi connectivity index (χ1n) is 19.2. The summed E-state index contributed by atoms with van der Waals surface area (Å²) in [6.45, 7) is 0. The number of aromatic nitrogens is 1. The first-order chi connectivity index (χ1) is 28.2. The molecule has 0 bridgehead atoms. The van der Waals surface area contributed by atoms with Crippen LogP contribution in [0.15, 0.2) is 201 Å². The molecule has 57 heavy (non-hydrogen) atoms. The van der Waals surface area contributed by atoms with Crippen molar-refractivity contribution < 1.29 is 8.83 Å². The molecule has 268 valence electrons. The van der Waals surface area contributed by atoms with Gasteiger partial charge in [-0.15, -0.1) is 0 Å². The van der Waals surface area contributed by atoms with E-state index in [9.17, 15) is 0 Å². The Labute approximate surface area is 326 Å². The summed E-state index contributed by atoms with van der Waals surface area (Å²) in [7, 11) is 0. The summed E-state index contributed by atoms with van der Waals surface area (Å²) in [5, 5.41) is 10.3. The SMILES string of the molecule is c1ccc(C2=NC(c3cccc4c3oc3ccc(-c5ccc6oc7c(-n8c9ccccc9c9ccccc98)cccc7c6c5)cc34)NC(c3ccccc3)=N2)cc1. The van der Waals surface area contributed by atoms with Gasteiger partial charge in [0.05, 0.1) is 16.7 Å². The summed E-state index contributed by atoms with van der Waals surface area (Å²) in [4.78, 5) is 10.1. The quantitative estimate of drug-likeness (QED) is 0.192. The van der Waals surface area contributed by atoms with Gasteiger partial charge in [0.25, 0.3) is 0 Å². The van der Waals surface area contributed by atoms with E-state index in [2.05, 4.69) is 143 Å². The number of fused-ring (bicyclic) bond motifs is 9. The lowest BCUT2D eigenvalue weighted by Crippen LogP contribution is -2.33. The number of amidine groups is 2. The Morgan fingerprint density at radius 1 is 0.439 bits per heavy atom. The summed E-state index contributed by atoms with van der Waals surface area (Å²) in [6, 6.07) is 63.2. The van der Waals surface area contributed by atoms with Crippen molar-refractivity contribution in [1.82, 2.24) is 9.88 Å². The monoisotopic (exact) mass is 732 g/mol. The average molecular weight is 733 g/mol. The molecule has 1 aliphatic rings. The van der Waals surface area contributed by atoms with Crippen molar-refractivity contribution in [3.63, 3.8) is 0 Å². The van der Waals surface area contributed by atoms with E-state index in [0.717, 1.165) is 94.3 Å². The minimum absolute atomic E-state index is 0.402. The Bertz CT molecular complexity index is 3390. The van der Waals surface area contributed by atoms with Crippen LogP contribution >= 0.6 is 0 Å². The van der Waals surface area contributed by atoms with Crippen molar-refractivity contribution in [1.29, 1.82) is 0 Å². The third-order valence-corrected chi connectivity index (χ3v) is 11.3. The van der Waals surface area contributed by atoms with Gasteiger partial charge >= 0.3 is 0 Å². The number of benzene rings is 8. The van der Waals surface area contributed by atoms with E-state index in [0.29, 0.717) is 5.84 Å². The molecule has 6 heteroatoms. The van der Waals surface area contributed by atoms with E-state index in [-0.39, 0.29) is 0 Å². The lowest BCUT2D eigenvalue weighted by molar-refractivity contribution is 0.628. The highest BCUT2D eigenvalue weighted by Crippen LogP contribution is 2.41. The minimum atomic E-state index is -0.402. The predicted octanol–water partition coefficient (Wildman–Crippen LogP) is 12.7. The van der Waals surface area contributed by atoms with Crippen LogP contribution in [0, 0.1) is 0 Å². The fourth-order valence-electron chi connectivity index (χ4n) is 8.61. The highest BCUT2D eigenvalue weighted by atomic mass is 16.3. The minimum Gasteiger partial charge on any atom is -0.456 e. The molecular weight excluding hydrogens is 701 g/mol. The molecule has 1 unspecified atom stereocenters. The van der Waals surface area contributed by atoms with Gasteiger partial charge in [0.2, 0.25) is 0 Å². The molecule has 6 nitrogen and oxygen atoms in total. The van der Waals surface area contributed by atoms with Gasteiger partial charge in [0.15, 0.2) is 17.6 Å². The van der Waals surface area contributed by atoms with Crippen molar-refractivity contribution in [2.45, 2.75) is 6.17 Å². The number of hydrogen-bond donors (Lipinski definition) is 1. The van der Waals surface area contributed by atoms with E-state index in [4.69, 9.17) is 18.8 Å². The van der Waals surface area contributed by atoms with Gasteiger partial charge in [-0.3, -0.25) is 0 Å². The fourth-order valence-corrected chi connectivity index (χ4v) is 8.61. The lowest BCUT2D eigenvalue weighted by atomic mass is 10.00. The first kappa shape index (κ1) is 31.6. The molecule has 8 aromatic carbocycles. The number of nitrogens with zero attached hydrogens (tertiary/aromatic N) is 3. The Balaban J connectivity index is 0.962. The molecule has 0 spiro atoms. The summed E-state index contributed by atoms with van der Waals surface area (Å²) in [5.41, 5.74) is 11.8. The molecule has 3 aromatic heterocycles. The molecule has 0 amide bonds. The number of rotatable bonds is 5. The topological polar surface area (TPSA) is 68.0 Å². The van der Waals surface area contributed by atoms with Crippen molar-refractivity contribution >= 4 is 77.4 Å². The molecule has 11 aromatic rings. The van der Waals surface area contributed by atoms with Gasteiger partial charge in [0, 0.05) is 49.0 Å². The maximum Gasteiger partial charge on any atom is 0.159 e. The number of aliphatic imine (C=N–C) groups is 2. The average Bonchev–Trinajstić information content (AvgIpc) is 3.96. The molecule has 0 saturated carbocycles. The summed E-state index contributed by atoms with van der Waals surface area (Å²) in [5.74, 6) is 1.45. The highest BCUT2D eigenvalue weighted by Gasteiger charge is 2.25. The fraction of sp³-hybridized carbons (Fsp3) is 0.0196. The first-order valence-corrected chi connectivity index (χ1v) is 19.2. The van der Waals surface area contributed by atoms with Crippen LogP contribution in [0.4, 0.5) is 0 Å². The Kier molecular flexibility index (Phi) is 6.89. The van der Waals surface area contributed by atoms with Crippen molar-refractivity contribution in [2.75, 3.05) is 0 Å². The van der Waals surface area contributed by atoms with Gasteiger partial charge in [-0.05, 0) is 53.6 Å². The molecule has 4 heterocycles. The number of furan rings is 2. The van der Waals surface area contributed by atoms with E-state index >= 15 is 0 Å². The zero-order chi connectivity index (χ0) is 37.5. The van der Waals surface area contributed by atoms with Gasteiger partial charge in [0.1, 0.15) is 22.6 Å². The van der Waals surface area contributed by atoms with Crippen LogP contribution in [0.1, 0.15) is 22.9 Å². The van der Waals surface area contributed by atoms with Crippen molar-refractivity contribution in [3.05, 3.63) is 199 Å². The molecule has 1 atom stereocenters. The second-order valence-corrected chi connectivity index (χ2v) is 14.6. The number of nitrogens with one attached hydrogen (secondary N) is 1. The molecular formula is C51H32N4O2. The Hall–Kier alpha value is -7.70. The van der Waals surface area contributed by atoms with Gasteiger partial charge in [-0.2, -0.15) is 0 Å². The molecule has 0 saturated heterocycles. The molecule has 12 rings (SSSR count). The van der Waals surface area contributed by atoms with Crippen molar-refractivity contribution in [2.24, 2.45) is 9.98 Å². The molecule has 1 N–H and O–H groups in total.